The molecule has 0 aliphatic heterocycles. The molecule has 0 N–H and O–H groups in total. The van der Waals surface area contributed by atoms with E-state index in [0.29, 0.717) is 6.54 Å². The molecule has 3 heteroatoms. The summed E-state index contributed by atoms with van der Waals surface area (Å²) < 4.78 is 0. The lowest BCUT2D eigenvalue weighted by molar-refractivity contribution is -0.133. The normalized spacial score (nSPS) is 10.8. The summed E-state index contributed by atoms with van der Waals surface area (Å²) in [5.41, 5.74) is 1.07. The predicted molar refractivity (Wildman–Crippen MR) is 76.8 cm³/mol. The van der Waals surface area contributed by atoms with Gasteiger partial charge in [-0.1, -0.05) is 18.2 Å². The minimum Gasteiger partial charge on any atom is -0.365 e. The summed E-state index contributed by atoms with van der Waals surface area (Å²) in [6, 6.07) is 10.5. The van der Waals surface area contributed by atoms with Crippen molar-refractivity contribution in [2.75, 3.05) is 18.5 Å². The molecule has 18 heavy (non-hydrogen) atoms. The third kappa shape index (κ3) is 3.76. The van der Waals surface area contributed by atoms with Crippen LogP contribution in [0.25, 0.3) is 0 Å². The van der Waals surface area contributed by atoms with Crippen molar-refractivity contribution in [3.05, 3.63) is 30.3 Å². The fraction of sp³-hybridized carbons (Fsp3) is 0.533. The van der Waals surface area contributed by atoms with Crippen molar-refractivity contribution in [1.82, 2.24) is 4.90 Å². The smallest absolute Gasteiger partial charge is 0.242 e. The van der Waals surface area contributed by atoms with Gasteiger partial charge in [0, 0.05) is 24.8 Å². The monoisotopic (exact) mass is 248 g/mol. The van der Waals surface area contributed by atoms with Gasteiger partial charge in [0.25, 0.3) is 0 Å². The number of anilines is 1. The highest BCUT2D eigenvalue weighted by atomic mass is 16.2. The van der Waals surface area contributed by atoms with Crippen LogP contribution in [0.4, 0.5) is 5.69 Å². The number of carbonyl (C=O) groups excluding carboxylic acids is 1. The van der Waals surface area contributed by atoms with Crippen molar-refractivity contribution >= 4 is 11.6 Å². The van der Waals surface area contributed by atoms with Crippen LogP contribution in [0.1, 0.15) is 27.7 Å². The van der Waals surface area contributed by atoms with Crippen LogP contribution >= 0.6 is 0 Å². The third-order valence-electron chi connectivity index (χ3n) is 2.97. The lowest BCUT2D eigenvalue weighted by Crippen LogP contribution is -2.46. The first-order valence-electron chi connectivity index (χ1n) is 6.50. The molecule has 0 fully saturated rings. The van der Waals surface area contributed by atoms with Gasteiger partial charge in [-0.25, -0.2) is 0 Å². The molecule has 3 nitrogen and oxygen atoms in total. The first-order chi connectivity index (χ1) is 8.43. The lowest BCUT2D eigenvalue weighted by Gasteiger charge is -2.32. The van der Waals surface area contributed by atoms with Gasteiger partial charge in [-0.15, -0.1) is 0 Å². The molecule has 0 unspecified atom stereocenters. The van der Waals surface area contributed by atoms with Crippen molar-refractivity contribution < 1.29 is 4.79 Å². The zero-order valence-electron chi connectivity index (χ0n) is 12.1. The molecule has 100 valence electrons. The summed E-state index contributed by atoms with van der Waals surface area (Å²) in [7, 11) is 1.95. The van der Waals surface area contributed by atoms with E-state index in [1.165, 1.54) is 0 Å². The van der Waals surface area contributed by atoms with Gasteiger partial charge in [-0.2, -0.15) is 0 Å². The van der Waals surface area contributed by atoms with Crippen LogP contribution in [0.5, 0.6) is 0 Å². The van der Waals surface area contributed by atoms with Crippen LogP contribution in [-0.2, 0) is 4.79 Å². The molecular weight excluding hydrogens is 224 g/mol. The molecule has 1 aromatic carbocycles. The number of hydrogen-bond acceptors (Lipinski definition) is 2. The molecular formula is C15H24N2O. The number of para-hydroxylation sites is 1. The summed E-state index contributed by atoms with van der Waals surface area (Å²) in [5, 5.41) is 0. The van der Waals surface area contributed by atoms with Crippen molar-refractivity contribution in [3.8, 4) is 0 Å². The minimum absolute atomic E-state index is 0.173. The number of carbonyl (C=O) groups is 1. The molecule has 0 saturated carbocycles. The fourth-order valence-electron chi connectivity index (χ4n) is 2.23. The summed E-state index contributed by atoms with van der Waals surface area (Å²) in [5.74, 6) is 0.173. The Morgan fingerprint density at radius 3 is 2.00 bits per heavy atom. The van der Waals surface area contributed by atoms with Gasteiger partial charge >= 0.3 is 0 Å². The number of nitrogens with zero attached hydrogens (tertiary/aromatic N) is 2. The Bertz CT molecular complexity index is 365. The van der Waals surface area contributed by atoms with Gasteiger partial charge < -0.3 is 9.80 Å². The second kappa shape index (κ2) is 6.43. The van der Waals surface area contributed by atoms with Crippen molar-refractivity contribution in [1.29, 1.82) is 0 Å². The summed E-state index contributed by atoms with van der Waals surface area (Å²) >= 11 is 0. The van der Waals surface area contributed by atoms with Gasteiger partial charge in [0.15, 0.2) is 0 Å². The van der Waals surface area contributed by atoms with E-state index in [1.807, 2.05) is 47.2 Å². The first kappa shape index (κ1) is 14.6. The summed E-state index contributed by atoms with van der Waals surface area (Å²) in [6.45, 7) is 8.64. The molecule has 0 atom stereocenters. The second-order valence-electron chi connectivity index (χ2n) is 5.18. The molecule has 1 aromatic rings. The molecule has 0 aromatic heterocycles. The van der Waals surface area contributed by atoms with Crippen LogP contribution in [0.2, 0.25) is 0 Å². The van der Waals surface area contributed by atoms with Crippen LogP contribution in [0, 0.1) is 0 Å². The Labute approximate surface area is 110 Å². The Morgan fingerprint density at radius 1 is 1.06 bits per heavy atom. The average Bonchev–Trinajstić information content (AvgIpc) is 2.28. The molecule has 0 bridgehead atoms. The second-order valence-corrected chi connectivity index (χ2v) is 5.18. The largest absolute Gasteiger partial charge is 0.365 e. The van der Waals surface area contributed by atoms with E-state index in [9.17, 15) is 4.79 Å². The SMILES string of the molecule is CC(C)N(C(=O)CN(C)c1ccccc1)C(C)C. The van der Waals surface area contributed by atoms with Gasteiger partial charge in [0.05, 0.1) is 6.54 Å². The topological polar surface area (TPSA) is 23.6 Å². The van der Waals surface area contributed by atoms with E-state index in [1.54, 1.807) is 0 Å². The summed E-state index contributed by atoms with van der Waals surface area (Å²) in [4.78, 5) is 16.2. The molecule has 0 radical (unpaired) electrons. The standard InChI is InChI=1S/C15H24N2O/c1-12(2)17(13(3)4)15(18)11-16(5)14-9-7-6-8-10-14/h6-10,12-13H,11H2,1-5H3. The maximum absolute atomic E-state index is 12.3. The zero-order valence-corrected chi connectivity index (χ0v) is 12.1. The molecule has 0 heterocycles. The molecule has 0 aliphatic carbocycles. The fourth-order valence-corrected chi connectivity index (χ4v) is 2.23. The van der Waals surface area contributed by atoms with E-state index in [0.717, 1.165) is 5.69 Å². The van der Waals surface area contributed by atoms with E-state index in [4.69, 9.17) is 0 Å². The van der Waals surface area contributed by atoms with E-state index in [-0.39, 0.29) is 18.0 Å². The zero-order chi connectivity index (χ0) is 13.7. The number of likely N-dealkylation sites (N-methyl/N-ethyl adjacent to an activating group) is 1. The predicted octanol–water partition coefficient (Wildman–Crippen LogP) is 2.77. The van der Waals surface area contributed by atoms with Crippen LogP contribution < -0.4 is 4.90 Å². The lowest BCUT2D eigenvalue weighted by atomic mass is 10.2. The molecule has 0 aliphatic rings. The van der Waals surface area contributed by atoms with Gasteiger partial charge in [-0.3, -0.25) is 4.79 Å². The Balaban J connectivity index is 2.69. The van der Waals surface area contributed by atoms with Crippen molar-refractivity contribution in [2.45, 2.75) is 39.8 Å². The van der Waals surface area contributed by atoms with Crippen LogP contribution in [0.15, 0.2) is 30.3 Å². The number of amides is 1. The molecule has 1 amide bonds. The Kier molecular flexibility index (Phi) is 5.20. The van der Waals surface area contributed by atoms with E-state index in [2.05, 4.69) is 27.7 Å². The number of rotatable bonds is 5. The molecule has 1 rings (SSSR count). The summed E-state index contributed by atoms with van der Waals surface area (Å²) in [6.07, 6.45) is 0. The van der Waals surface area contributed by atoms with Gasteiger partial charge in [-0.05, 0) is 39.8 Å². The number of hydrogen-bond donors (Lipinski definition) is 0. The Morgan fingerprint density at radius 2 is 1.56 bits per heavy atom. The van der Waals surface area contributed by atoms with E-state index < -0.39 is 0 Å². The highest BCUT2D eigenvalue weighted by molar-refractivity contribution is 5.81. The number of benzene rings is 1. The van der Waals surface area contributed by atoms with Crippen molar-refractivity contribution in [3.63, 3.8) is 0 Å². The van der Waals surface area contributed by atoms with Crippen LogP contribution in [0.3, 0.4) is 0 Å². The minimum atomic E-state index is 0.173. The average molecular weight is 248 g/mol. The maximum atomic E-state index is 12.3. The maximum Gasteiger partial charge on any atom is 0.242 e. The third-order valence-corrected chi connectivity index (χ3v) is 2.97. The quantitative estimate of drug-likeness (QED) is 0.800. The first-order valence-corrected chi connectivity index (χ1v) is 6.50. The van der Waals surface area contributed by atoms with E-state index >= 15 is 0 Å². The van der Waals surface area contributed by atoms with Gasteiger partial charge in [0.2, 0.25) is 5.91 Å². The van der Waals surface area contributed by atoms with Gasteiger partial charge in [0.1, 0.15) is 0 Å². The highest BCUT2D eigenvalue weighted by Crippen LogP contribution is 2.12. The van der Waals surface area contributed by atoms with Crippen LogP contribution in [-0.4, -0.2) is 36.5 Å². The Hall–Kier alpha value is -1.51. The highest BCUT2D eigenvalue weighted by Gasteiger charge is 2.21. The van der Waals surface area contributed by atoms with Crippen molar-refractivity contribution in [2.24, 2.45) is 0 Å². The molecule has 0 saturated heterocycles. The molecule has 0 spiro atoms.